The molecule has 118 valence electrons. The normalized spacial score (nSPS) is 22.2. The molecule has 0 bridgehead atoms. The fourth-order valence-electron chi connectivity index (χ4n) is 2.73. The first kappa shape index (κ1) is 17.1. The van der Waals surface area contributed by atoms with Crippen LogP contribution >= 0.6 is 22.6 Å². The first-order chi connectivity index (χ1) is 9.77. The average Bonchev–Trinajstić information content (AvgIpc) is 2.37. The Labute approximate surface area is 138 Å². The van der Waals surface area contributed by atoms with Crippen LogP contribution in [0.25, 0.3) is 0 Å². The van der Waals surface area contributed by atoms with Gasteiger partial charge in [0, 0.05) is 16.7 Å². The van der Waals surface area contributed by atoms with Crippen LogP contribution in [0.1, 0.15) is 30.9 Å². The predicted octanol–water partition coefficient (Wildman–Crippen LogP) is 2.53. The molecule has 1 fully saturated rings. The van der Waals surface area contributed by atoms with Gasteiger partial charge >= 0.3 is 0 Å². The highest BCUT2D eigenvalue weighted by molar-refractivity contribution is 14.1. The number of aliphatic hydroxyl groups excluding tert-OH is 1. The van der Waals surface area contributed by atoms with Crippen molar-refractivity contribution < 1.29 is 17.9 Å². The minimum Gasteiger partial charge on any atom is -0.388 e. The summed E-state index contributed by atoms with van der Waals surface area (Å²) in [6.07, 6.45) is 2.73. The number of hydrogen-bond acceptors (Lipinski definition) is 3. The molecule has 0 aromatic heterocycles. The highest BCUT2D eigenvalue weighted by atomic mass is 127. The van der Waals surface area contributed by atoms with Crippen molar-refractivity contribution >= 4 is 32.6 Å². The molecule has 0 amide bonds. The zero-order valence-electron chi connectivity index (χ0n) is 11.8. The van der Waals surface area contributed by atoms with Gasteiger partial charge in [-0.3, -0.25) is 0 Å². The lowest BCUT2D eigenvalue weighted by Gasteiger charge is -2.32. The van der Waals surface area contributed by atoms with E-state index in [4.69, 9.17) is 0 Å². The third-order valence-electron chi connectivity index (χ3n) is 3.83. The molecule has 1 aliphatic rings. The molecule has 7 heteroatoms. The molecule has 4 nitrogen and oxygen atoms in total. The van der Waals surface area contributed by atoms with Crippen molar-refractivity contribution in [1.29, 1.82) is 0 Å². The second-order valence-corrected chi connectivity index (χ2v) is 8.69. The number of benzene rings is 1. The SMILES string of the molecule is CS(=O)(=O)N1CCCC(CC(O)c2ccc(F)cc2I)C1. The van der Waals surface area contributed by atoms with Crippen molar-refractivity contribution in [2.75, 3.05) is 19.3 Å². The van der Waals surface area contributed by atoms with Gasteiger partial charge in [-0.2, -0.15) is 0 Å². The lowest BCUT2D eigenvalue weighted by molar-refractivity contribution is 0.122. The van der Waals surface area contributed by atoms with E-state index in [2.05, 4.69) is 0 Å². The molecule has 1 aliphatic heterocycles. The maximum absolute atomic E-state index is 13.1. The molecule has 21 heavy (non-hydrogen) atoms. The van der Waals surface area contributed by atoms with Crippen LogP contribution in [-0.2, 0) is 10.0 Å². The molecule has 2 atom stereocenters. The lowest BCUT2D eigenvalue weighted by Crippen LogP contribution is -2.39. The van der Waals surface area contributed by atoms with Crippen molar-refractivity contribution in [2.45, 2.75) is 25.4 Å². The van der Waals surface area contributed by atoms with Crippen LogP contribution in [-0.4, -0.2) is 37.2 Å². The Hall–Kier alpha value is -0.250. The minimum atomic E-state index is -3.17. The molecule has 0 radical (unpaired) electrons. The summed E-state index contributed by atoms with van der Waals surface area (Å²) in [6.45, 7) is 1.01. The van der Waals surface area contributed by atoms with Crippen LogP contribution in [0.15, 0.2) is 18.2 Å². The molecule has 0 saturated carbocycles. The highest BCUT2D eigenvalue weighted by Gasteiger charge is 2.28. The van der Waals surface area contributed by atoms with Gasteiger partial charge in [0.1, 0.15) is 5.82 Å². The van der Waals surface area contributed by atoms with Crippen LogP contribution in [0.5, 0.6) is 0 Å². The van der Waals surface area contributed by atoms with E-state index in [1.165, 1.54) is 22.7 Å². The third-order valence-corrected chi connectivity index (χ3v) is 6.03. The van der Waals surface area contributed by atoms with Crippen molar-refractivity contribution in [3.8, 4) is 0 Å². The quantitative estimate of drug-likeness (QED) is 0.752. The number of halogens is 2. The van der Waals surface area contributed by atoms with Gasteiger partial charge in [0.25, 0.3) is 0 Å². The Bertz CT molecular complexity index is 608. The fourth-order valence-corrected chi connectivity index (χ4v) is 4.51. The van der Waals surface area contributed by atoms with Crippen LogP contribution < -0.4 is 0 Å². The molecule has 0 spiro atoms. The second-order valence-electron chi connectivity index (χ2n) is 5.55. The van der Waals surface area contributed by atoms with Gasteiger partial charge in [0.2, 0.25) is 10.0 Å². The van der Waals surface area contributed by atoms with Crippen molar-refractivity contribution in [2.24, 2.45) is 5.92 Å². The number of nitrogens with zero attached hydrogens (tertiary/aromatic N) is 1. The Balaban J connectivity index is 2.03. The summed E-state index contributed by atoms with van der Waals surface area (Å²) in [4.78, 5) is 0. The summed E-state index contributed by atoms with van der Waals surface area (Å²) in [6, 6.07) is 4.33. The Kier molecular flexibility index (Phi) is 5.61. The summed E-state index contributed by atoms with van der Waals surface area (Å²) >= 11 is 2.01. The van der Waals surface area contributed by atoms with Crippen LogP contribution in [0.2, 0.25) is 0 Å². The molecular formula is C14H19FINO3S. The summed E-state index contributed by atoms with van der Waals surface area (Å²) < 4.78 is 38.5. The molecule has 1 aromatic rings. The summed E-state index contributed by atoms with van der Waals surface area (Å²) in [5, 5.41) is 10.3. The van der Waals surface area contributed by atoms with Crippen LogP contribution in [0.4, 0.5) is 4.39 Å². The largest absolute Gasteiger partial charge is 0.388 e. The second kappa shape index (κ2) is 6.89. The third kappa shape index (κ3) is 4.61. The van der Waals surface area contributed by atoms with Crippen molar-refractivity contribution in [3.63, 3.8) is 0 Å². The van der Waals surface area contributed by atoms with E-state index in [0.29, 0.717) is 28.6 Å². The number of rotatable bonds is 4. The van der Waals surface area contributed by atoms with E-state index in [9.17, 15) is 17.9 Å². The van der Waals surface area contributed by atoms with E-state index >= 15 is 0 Å². The predicted molar refractivity (Wildman–Crippen MR) is 87.8 cm³/mol. The first-order valence-electron chi connectivity index (χ1n) is 6.85. The van der Waals surface area contributed by atoms with Gasteiger partial charge in [0.05, 0.1) is 12.4 Å². The number of sulfonamides is 1. The zero-order valence-corrected chi connectivity index (χ0v) is 14.8. The van der Waals surface area contributed by atoms with E-state index in [1.54, 1.807) is 6.07 Å². The summed E-state index contributed by atoms with van der Waals surface area (Å²) in [5.41, 5.74) is 0.702. The molecule has 2 unspecified atom stereocenters. The van der Waals surface area contributed by atoms with E-state index < -0.39 is 16.1 Å². The zero-order chi connectivity index (χ0) is 15.6. The lowest BCUT2D eigenvalue weighted by atomic mass is 9.91. The van der Waals surface area contributed by atoms with Gasteiger partial charge in [-0.15, -0.1) is 0 Å². The topological polar surface area (TPSA) is 57.6 Å². The smallest absolute Gasteiger partial charge is 0.211 e. The van der Waals surface area contributed by atoms with Gasteiger partial charge in [-0.25, -0.2) is 17.1 Å². The summed E-state index contributed by atoms with van der Waals surface area (Å²) in [5.74, 6) is -0.194. The monoisotopic (exact) mass is 427 g/mol. The number of piperidine rings is 1. The van der Waals surface area contributed by atoms with E-state index in [1.807, 2.05) is 22.6 Å². The average molecular weight is 427 g/mol. The molecular weight excluding hydrogens is 408 g/mol. The Morgan fingerprint density at radius 1 is 1.52 bits per heavy atom. The fraction of sp³-hybridized carbons (Fsp3) is 0.571. The van der Waals surface area contributed by atoms with Crippen LogP contribution in [0.3, 0.4) is 0 Å². The molecule has 1 aromatic carbocycles. The first-order valence-corrected chi connectivity index (χ1v) is 9.78. The number of aliphatic hydroxyl groups is 1. The van der Waals surface area contributed by atoms with E-state index in [0.717, 1.165) is 12.8 Å². The minimum absolute atomic E-state index is 0.129. The van der Waals surface area contributed by atoms with Crippen molar-refractivity contribution in [3.05, 3.63) is 33.1 Å². The molecule has 1 N–H and O–H groups in total. The molecule has 1 heterocycles. The van der Waals surface area contributed by atoms with Gasteiger partial charge in [-0.1, -0.05) is 6.07 Å². The Morgan fingerprint density at radius 3 is 2.86 bits per heavy atom. The Morgan fingerprint density at radius 2 is 2.24 bits per heavy atom. The molecule has 1 saturated heterocycles. The van der Waals surface area contributed by atoms with Crippen LogP contribution in [0, 0.1) is 15.3 Å². The van der Waals surface area contributed by atoms with E-state index in [-0.39, 0.29) is 11.7 Å². The maximum Gasteiger partial charge on any atom is 0.211 e. The van der Waals surface area contributed by atoms with Crippen molar-refractivity contribution in [1.82, 2.24) is 4.31 Å². The van der Waals surface area contributed by atoms with Gasteiger partial charge in [0.15, 0.2) is 0 Å². The van der Waals surface area contributed by atoms with Gasteiger partial charge < -0.3 is 5.11 Å². The maximum atomic E-state index is 13.1. The number of hydrogen-bond donors (Lipinski definition) is 1. The van der Waals surface area contributed by atoms with Gasteiger partial charge in [-0.05, 0) is 65.5 Å². The standard InChI is InChI=1S/C14H19FINO3S/c1-21(19,20)17-6-2-3-10(9-17)7-14(18)12-5-4-11(15)8-13(12)16/h4-5,8,10,14,18H,2-3,6-7,9H2,1H3. The highest BCUT2D eigenvalue weighted by Crippen LogP contribution is 2.30. The molecule has 2 rings (SSSR count). The molecule has 0 aliphatic carbocycles. The summed E-state index contributed by atoms with van der Waals surface area (Å²) in [7, 11) is -3.17.